The summed E-state index contributed by atoms with van der Waals surface area (Å²) in [7, 11) is 0. The molecule has 0 radical (unpaired) electrons. The molecule has 0 bridgehead atoms. The Bertz CT molecular complexity index is 935. The summed E-state index contributed by atoms with van der Waals surface area (Å²) in [6.45, 7) is 0.241. The highest BCUT2D eigenvalue weighted by atomic mass is 35.5. The molecule has 1 aromatic heterocycles. The fraction of sp³-hybridized carbons (Fsp3) is 0.111. The molecule has 3 rings (SSSR count). The number of benzene rings is 2. The molecule has 25 heavy (non-hydrogen) atoms. The van der Waals surface area contributed by atoms with E-state index in [4.69, 9.17) is 11.6 Å². The second-order valence-corrected chi connectivity index (χ2v) is 5.80. The first-order chi connectivity index (χ1) is 11.9. The van der Waals surface area contributed by atoms with Gasteiger partial charge in [-0.05, 0) is 23.3 Å². The van der Waals surface area contributed by atoms with Crippen LogP contribution in [0.4, 0.5) is 13.2 Å². The summed E-state index contributed by atoms with van der Waals surface area (Å²) >= 11 is 6.07. The van der Waals surface area contributed by atoms with Gasteiger partial charge in [-0.3, -0.25) is 4.79 Å². The van der Waals surface area contributed by atoms with Gasteiger partial charge in [-0.2, -0.15) is 18.3 Å². The number of alkyl halides is 3. The summed E-state index contributed by atoms with van der Waals surface area (Å²) in [6, 6.07) is 13.5. The highest BCUT2D eigenvalue weighted by molar-refractivity contribution is 6.33. The zero-order chi connectivity index (χ0) is 18.0. The van der Waals surface area contributed by atoms with Gasteiger partial charge in [-0.25, -0.2) is 4.68 Å². The topological polar surface area (TPSA) is 34.9 Å². The van der Waals surface area contributed by atoms with Crippen LogP contribution in [0.1, 0.15) is 11.1 Å². The van der Waals surface area contributed by atoms with Gasteiger partial charge in [0.25, 0.3) is 5.56 Å². The van der Waals surface area contributed by atoms with E-state index < -0.39 is 17.3 Å². The molecule has 3 aromatic rings. The number of hydrogen-bond donors (Lipinski definition) is 0. The van der Waals surface area contributed by atoms with E-state index in [1.54, 1.807) is 0 Å². The molecule has 0 saturated heterocycles. The molecule has 0 aliphatic heterocycles. The van der Waals surface area contributed by atoms with E-state index in [2.05, 4.69) is 5.10 Å². The number of rotatable bonds is 3. The third-order valence-electron chi connectivity index (χ3n) is 3.67. The Balaban J connectivity index is 2.02. The lowest BCUT2D eigenvalue weighted by Gasteiger charge is -2.10. The standard InChI is InChI=1S/C18H12ClF3N2O/c19-15-10-23-24(11-12-4-2-1-3-5-12)17(25)16(15)13-6-8-14(9-7-13)18(20,21)22/h1-10H,11H2. The Labute approximate surface area is 146 Å². The first-order valence-corrected chi connectivity index (χ1v) is 7.71. The summed E-state index contributed by atoms with van der Waals surface area (Å²) in [6.07, 6.45) is -3.12. The van der Waals surface area contributed by atoms with Crippen molar-refractivity contribution in [3.8, 4) is 11.1 Å². The van der Waals surface area contributed by atoms with Crippen LogP contribution in [-0.2, 0) is 12.7 Å². The third-order valence-corrected chi connectivity index (χ3v) is 3.96. The van der Waals surface area contributed by atoms with Crippen LogP contribution < -0.4 is 5.56 Å². The van der Waals surface area contributed by atoms with Crippen molar-refractivity contribution in [3.63, 3.8) is 0 Å². The maximum atomic E-state index is 12.7. The van der Waals surface area contributed by atoms with Gasteiger partial charge in [0.2, 0.25) is 0 Å². The van der Waals surface area contributed by atoms with Crippen LogP contribution in [0.2, 0.25) is 5.02 Å². The predicted molar refractivity (Wildman–Crippen MR) is 89.5 cm³/mol. The molecule has 7 heteroatoms. The fourth-order valence-corrected chi connectivity index (χ4v) is 2.66. The first-order valence-electron chi connectivity index (χ1n) is 7.33. The van der Waals surface area contributed by atoms with Crippen molar-refractivity contribution in [1.82, 2.24) is 9.78 Å². The summed E-state index contributed by atoms with van der Waals surface area (Å²) < 4.78 is 39.3. The molecule has 128 valence electrons. The van der Waals surface area contributed by atoms with E-state index in [0.29, 0.717) is 5.56 Å². The zero-order valence-electron chi connectivity index (χ0n) is 12.8. The minimum Gasteiger partial charge on any atom is -0.267 e. The number of hydrogen-bond acceptors (Lipinski definition) is 2. The molecule has 0 amide bonds. The van der Waals surface area contributed by atoms with Gasteiger partial charge in [0.15, 0.2) is 0 Å². The van der Waals surface area contributed by atoms with Crippen molar-refractivity contribution < 1.29 is 13.2 Å². The summed E-state index contributed by atoms with van der Waals surface area (Å²) in [5.74, 6) is 0. The highest BCUT2D eigenvalue weighted by Gasteiger charge is 2.30. The van der Waals surface area contributed by atoms with Crippen molar-refractivity contribution in [2.24, 2.45) is 0 Å². The van der Waals surface area contributed by atoms with Gasteiger partial charge in [-0.1, -0.05) is 54.1 Å². The lowest BCUT2D eigenvalue weighted by molar-refractivity contribution is -0.137. The van der Waals surface area contributed by atoms with Crippen molar-refractivity contribution in [2.75, 3.05) is 0 Å². The molecule has 1 heterocycles. The number of halogens is 4. The maximum absolute atomic E-state index is 12.7. The van der Waals surface area contributed by atoms with Crippen LogP contribution in [0.15, 0.2) is 65.6 Å². The highest BCUT2D eigenvalue weighted by Crippen LogP contribution is 2.31. The molecule has 0 unspecified atom stereocenters. The van der Waals surface area contributed by atoms with Gasteiger partial charge in [0, 0.05) is 0 Å². The van der Waals surface area contributed by atoms with Gasteiger partial charge in [0.1, 0.15) is 0 Å². The molecular weight excluding hydrogens is 353 g/mol. The van der Waals surface area contributed by atoms with Crippen LogP contribution in [0.5, 0.6) is 0 Å². The summed E-state index contributed by atoms with van der Waals surface area (Å²) in [5.41, 5.74) is 0.0634. The Morgan fingerprint density at radius 2 is 1.64 bits per heavy atom. The largest absolute Gasteiger partial charge is 0.416 e. The van der Waals surface area contributed by atoms with E-state index in [0.717, 1.165) is 17.7 Å². The predicted octanol–water partition coefficient (Wildman–Crippen LogP) is 4.63. The molecule has 3 nitrogen and oxygen atoms in total. The van der Waals surface area contributed by atoms with E-state index in [-0.39, 0.29) is 17.1 Å². The minimum atomic E-state index is -4.44. The fourth-order valence-electron chi connectivity index (χ4n) is 2.42. The zero-order valence-corrected chi connectivity index (χ0v) is 13.6. The Hall–Kier alpha value is -2.60. The lowest BCUT2D eigenvalue weighted by atomic mass is 10.1. The van der Waals surface area contributed by atoms with Crippen molar-refractivity contribution in [3.05, 3.63) is 87.3 Å². The molecule has 2 aromatic carbocycles. The normalized spacial score (nSPS) is 11.5. The van der Waals surface area contributed by atoms with E-state index in [1.807, 2.05) is 30.3 Å². The van der Waals surface area contributed by atoms with Gasteiger partial charge >= 0.3 is 6.18 Å². The van der Waals surface area contributed by atoms with Crippen molar-refractivity contribution in [2.45, 2.75) is 12.7 Å². The average Bonchev–Trinajstić information content (AvgIpc) is 2.58. The Kier molecular flexibility index (Phi) is 4.63. The van der Waals surface area contributed by atoms with Gasteiger partial charge in [0.05, 0.1) is 28.9 Å². The summed E-state index contributed by atoms with van der Waals surface area (Å²) in [5, 5.41) is 4.10. The molecule has 0 N–H and O–H groups in total. The van der Waals surface area contributed by atoms with Crippen LogP contribution >= 0.6 is 11.6 Å². The van der Waals surface area contributed by atoms with E-state index in [9.17, 15) is 18.0 Å². The maximum Gasteiger partial charge on any atom is 0.416 e. The van der Waals surface area contributed by atoms with Crippen molar-refractivity contribution >= 4 is 11.6 Å². The number of nitrogens with zero attached hydrogens (tertiary/aromatic N) is 2. The van der Waals surface area contributed by atoms with Crippen LogP contribution in [0.3, 0.4) is 0 Å². The van der Waals surface area contributed by atoms with Crippen molar-refractivity contribution in [1.29, 1.82) is 0 Å². The summed E-state index contributed by atoms with van der Waals surface area (Å²) in [4.78, 5) is 12.7. The third kappa shape index (κ3) is 3.74. The van der Waals surface area contributed by atoms with Crippen LogP contribution in [0, 0.1) is 0 Å². The Morgan fingerprint density at radius 1 is 1.00 bits per heavy atom. The molecule has 0 fully saturated rings. The molecule has 0 saturated carbocycles. The molecule has 0 atom stereocenters. The smallest absolute Gasteiger partial charge is 0.267 e. The number of aromatic nitrogens is 2. The van der Waals surface area contributed by atoms with Gasteiger partial charge in [-0.15, -0.1) is 0 Å². The molecule has 0 aliphatic rings. The molecular formula is C18H12ClF3N2O. The van der Waals surface area contributed by atoms with Crippen LogP contribution in [0.25, 0.3) is 11.1 Å². The van der Waals surface area contributed by atoms with E-state index >= 15 is 0 Å². The van der Waals surface area contributed by atoms with Gasteiger partial charge < -0.3 is 0 Å². The second-order valence-electron chi connectivity index (χ2n) is 5.39. The lowest BCUT2D eigenvalue weighted by Crippen LogP contribution is -2.25. The first kappa shape index (κ1) is 17.2. The van der Waals surface area contributed by atoms with E-state index in [1.165, 1.54) is 23.0 Å². The molecule has 0 spiro atoms. The average molecular weight is 365 g/mol. The molecule has 0 aliphatic carbocycles. The Morgan fingerprint density at radius 3 is 2.24 bits per heavy atom. The van der Waals surface area contributed by atoms with Crippen LogP contribution in [-0.4, -0.2) is 9.78 Å². The quantitative estimate of drug-likeness (QED) is 0.679. The minimum absolute atomic E-state index is 0.0917. The monoisotopic (exact) mass is 364 g/mol. The second kappa shape index (κ2) is 6.72. The SMILES string of the molecule is O=c1c(-c2ccc(C(F)(F)F)cc2)c(Cl)cnn1Cc1ccccc1.